The number of hydrogen-bond donors (Lipinski definition) is 1. The number of hydrogen-bond acceptors (Lipinski definition) is 4. The summed E-state index contributed by atoms with van der Waals surface area (Å²) in [6, 6.07) is 11.0. The number of ether oxygens (including phenoxy) is 1. The number of nitrogens with zero attached hydrogens (tertiary/aromatic N) is 1. The van der Waals surface area contributed by atoms with E-state index >= 15 is 0 Å². The van der Waals surface area contributed by atoms with Gasteiger partial charge in [0.25, 0.3) is 0 Å². The Kier molecular flexibility index (Phi) is 5.39. The topological polar surface area (TPSA) is 68.3 Å². The molecule has 1 fully saturated rings. The molecule has 2 aromatic rings. The smallest absolute Gasteiger partial charge is 0.241 e. The maximum absolute atomic E-state index is 12.7. The van der Waals surface area contributed by atoms with Crippen molar-refractivity contribution in [3.8, 4) is 5.88 Å². The molecule has 1 aliphatic rings. The summed E-state index contributed by atoms with van der Waals surface area (Å²) in [5, 5.41) is 0. The summed E-state index contributed by atoms with van der Waals surface area (Å²) in [6.45, 7) is 3.73. The predicted octanol–water partition coefficient (Wildman–Crippen LogP) is 3.37. The highest BCUT2D eigenvalue weighted by atomic mass is 32.2. The van der Waals surface area contributed by atoms with E-state index in [1.54, 1.807) is 12.3 Å². The van der Waals surface area contributed by atoms with Crippen molar-refractivity contribution in [2.45, 2.75) is 56.6 Å². The summed E-state index contributed by atoms with van der Waals surface area (Å²) >= 11 is 0. The van der Waals surface area contributed by atoms with Gasteiger partial charge in [0.2, 0.25) is 15.9 Å². The van der Waals surface area contributed by atoms with E-state index in [2.05, 4.69) is 9.71 Å². The molecule has 0 amide bonds. The molecule has 1 aromatic heterocycles. The Balaban J connectivity index is 1.59. The molecule has 1 aromatic carbocycles. The minimum absolute atomic E-state index is 0.0477. The lowest BCUT2D eigenvalue weighted by atomic mass is 9.94. The van der Waals surface area contributed by atoms with Crippen LogP contribution in [-0.2, 0) is 10.0 Å². The number of nitrogens with one attached hydrogen (secondary N) is 1. The summed E-state index contributed by atoms with van der Waals surface area (Å²) in [5.74, 6) is 0.627. The average molecular weight is 360 g/mol. The number of rotatable bonds is 5. The molecule has 0 radical (unpaired) electrons. The molecule has 6 heteroatoms. The Labute approximate surface area is 149 Å². The van der Waals surface area contributed by atoms with Crippen LogP contribution in [0.15, 0.2) is 47.5 Å². The fraction of sp³-hybridized carbons (Fsp3) is 0.421. The normalized spacial score (nSPS) is 21.0. The molecular weight excluding hydrogens is 336 g/mol. The molecule has 0 aliphatic heterocycles. The molecule has 0 bridgehead atoms. The number of pyridine rings is 1. The van der Waals surface area contributed by atoms with Gasteiger partial charge in [-0.05, 0) is 62.8 Å². The molecule has 5 nitrogen and oxygen atoms in total. The van der Waals surface area contributed by atoms with E-state index in [1.165, 1.54) is 0 Å². The van der Waals surface area contributed by atoms with Gasteiger partial charge in [-0.15, -0.1) is 0 Å². The number of benzene rings is 1. The molecule has 0 spiro atoms. The van der Waals surface area contributed by atoms with Crippen LogP contribution in [0.2, 0.25) is 0 Å². The van der Waals surface area contributed by atoms with Crippen molar-refractivity contribution in [1.82, 2.24) is 9.71 Å². The fourth-order valence-electron chi connectivity index (χ4n) is 3.17. The third-order valence-electron chi connectivity index (χ3n) is 4.55. The van der Waals surface area contributed by atoms with Gasteiger partial charge in [0, 0.05) is 18.3 Å². The van der Waals surface area contributed by atoms with Gasteiger partial charge >= 0.3 is 0 Å². The SMILES string of the molecule is Cc1ccc(C)c(S(=O)(=O)NC2CCC(Oc3ccccn3)CC2)c1. The van der Waals surface area contributed by atoms with Crippen molar-refractivity contribution < 1.29 is 13.2 Å². The Bertz CT molecular complexity index is 814. The maximum atomic E-state index is 12.7. The van der Waals surface area contributed by atoms with Crippen LogP contribution in [-0.4, -0.2) is 25.5 Å². The van der Waals surface area contributed by atoms with Gasteiger partial charge in [-0.25, -0.2) is 18.1 Å². The molecule has 3 rings (SSSR count). The second-order valence-corrected chi connectivity index (χ2v) is 8.33. The minimum Gasteiger partial charge on any atom is -0.474 e. The molecule has 1 N–H and O–H groups in total. The van der Waals surface area contributed by atoms with E-state index in [0.717, 1.165) is 36.8 Å². The van der Waals surface area contributed by atoms with Crippen molar-refractivity contribution in [1.29, 1.82) is 0 Å². The lowest BCUT2D eigenvalue weighted by molar-refractivity contribution is 0.138. The number of aromatic nitrogens is 1. The Hall–Kier alpha value is -1.92. The molecule has 25 heavy (non-hydrogen) atoms. The molecule has 0 atom stereocenters. The average Bonchev–Trinajstić information content (AvgIpc) is 2.59. The Morgan fingerprint density at radius 3 is 2.52 bits per heavy atom. The molecule has 1 heterocycles. The summed E-state index contributed by atoms with van der Waals surface area (Å²) in [4.78, 5) is 4.55. The molecule has 0 unspecified atom stereocenters. The highest BCUT2D eigenvalue weighted by molar-refractivity contribution is 7.89. The van der Waals surface area contributed by atoms with Crippen LogP contribution in [0.3, 0.4) is 0 Å². The third-order valence-corrected chi connectivity index (χ3v) is 6.22. The van der Waals surface area contributed by atoms with Crippen molar-refractivity contribution in [2.75, 3.05) is 0 Å². The monoisotopic (exact) mass is 360 g/mol. The highest BCUT2D eigenvalue weighted by Crippen LogP contribution is 2.25. The second kappa shape index (κ2) is 7.54. The zero-order chi connectivity index (χ0) is 17.9. The molecule has 0 saturated heterocycles. The second-order valence-electron chi connectivity index (χ2n) is 6.65. The van der Waals surface area contributed by atoms with Crippen molar-refractivity contribution in [3.63, 3.8) is 0 Å². The zero-order valence-corrected chi connectivity index (χ0v) is 15.4. The first-order valence-corrected chi connectivity index (χ1v) is 10.1. The fourth-order valence-corrected chi connectivity index (χ4v) is 4.80. The van der Waals surface area contributed by atoms with Crippen LogP contribution in [0.4, 0.5) is 0 Å². The Morgan fingerprint density at radius 2 is 1.84 bits per heavy atom. The Morgan fingerprint density at radius 1 is 1.08 bits per heavy atom. The maximum Gasteiger partial charge on any atom is 0.241 e. The van der Waals surface area contributed by atoms with Gasteiger partial charge < -0.3 is 4.74 Å². The van der Waals surface area contributed by atoms with E-state index in [0.29, 0.717) is 10.8 Å². The van der Waals surface area contributed by atoms with Gasteiger partial charge in [0.1, 0.15) is 6.10 Å². The molecule has 1 aliphatic carbocycles. The van der Waals surface area contributed by atoms with Crippen LogP contribution in [0.1, 0.15) is 36.8 Å². The predicted molar refractivity (Wildman–Crippen MR) is 97.1 cm³/mol. The zero-order valence-electron chi connectivity index (χ0n) is 14.6. The highest BCUT2D eigenvalue weighted by Gasteiger charge is 2.27. The quantitative estimate of drug-likeness (QED) is 0.888. The van der Waals surface area contributed by atoms with Gasteiger partial charge in [-0.2, -0.15) is 0 Å². The van der Waals surface area contributed by atoms with Crippen LogP contribution < -0.4 is 9.46 Å². The summed E-state index contributed by atoms with van der Waals surface area (Å²) < 4.78 is 34.1. The number of aryl methyl sites for hydroxylation is 2. The van der Waals surface area contributed by atoms with Crippen LogP contribution in [0.25, 0.3) is 0 Å². The minimum atomic E-state index is -3.49. The first-order chi connectivity index (χ1) is 11.9. The molecule has 134 valence electrons. The van der Waals surface area contributed by atoms with E-state index in [4.69, 9.17) is 4.74 Å². The van der Waals surface area contributed by atoms with Gasteiger partial charge in [0.05, 0.1) is 4.90 Å². The van der Waals surface area contributed by atoms with E-state index in [9.17, 15) is 8.42 Å². The van der Waals surface area contributed by atoms with Gasteiger partial charge in [-0.1, -0.05) is 18.2 Å². The lowest BCUT2D eigenvalue weighted by Gasteiger charge is -2.29. The van der Waals surface area contributed by atoms with Gasteiger partial charge in [0.15, 0.2) is 0 Å². The van der Waals surface area contributed by atoms with Crippen LogP contribution in [0, 0.1) is 13.8 Å². The van der Waals surface area contributed by atoms with E-state index in [-0.39, 0.29) is 12.1 Å². The summed E-state index contributed by atoms with van der Waals surface area (Å²) in [7, 11) is -3.49. The summed E-state index contributed by atoms with van der Waals surface area (Å²) in [5.41, 5.74) is 1.71. The van der Waals surface area contributed by atoms with Crippen molar-refractivity contribution >= 4 is 10.0 Å². The number of sulfonamides is 1. The third kappa shape index (κ3) is 4.58. The van der Waals surface area contributed by atoms with Crippen LogP contribution in [0.5, 0.6) is 5.88 Å². The molecular formula is C19H24N2O3S. The first-order valence-electron chi connectivity index (χ1n) is 8.61. The summed E-state index contributed by atoms with van der Waals surface area (Å²) in [6.07, 6.45) is 4.96. The molecule has 1 saturated carbocycles. The largest absolute Gasteiger partial charge is 0.474 e. The van der Waals surface area contributed by atoms with E-state index in [1.807, 2.05) is 44.2 Å². The van der Waals surface area contributed by atoms with Crippen molar-refractivity contribution in [3.05, 3.63) is 53.7 Å². The van der Waals surface area contributed by atoms with E-state index < -0.39 is 10.0 Å². The standard InChI is InChI=1S/C19H24N2O3S/c1-14-6-7-15(2)18(13-14)25(22,23)21-16-8-10-17(11-9-16)24-19-5-3-4-12-20-19/h3-7,12-13,16-17,21H,8-11H2,1-2H3. The van der Waals surface area contributed by atoms with Crippen molar-refractivity contribution in [2.24, 2.45) is 0 Å². The van der Waals surface area contributed by atoms with Gasteiger partial charge in [-0.3, -0.25) is 0 Å². The lowest BCUT2D eigenvalue weighted by Crippen LogP contribution is -2.39. The van der Waals surface area contributed by atoms with Crippen LogP contribution >= 0.6 is 0 Å². The first kappa shape index (κ1) is 17.9.